The Morgan fingerprint density at radius 1 is 1.00 bits per heavy atom. The van der Waals surface area contributed by atoms with Crippen LogP contribution in [0, 0.1) is 5.92 Å². The lowest BCUT2D eigenvalue weighted by molar-refractivity contribution is -0.143. The van der Waals surface area contributed by atoms with Crippen molar-refractivity contribution in [2.24, 2.45) is 5.92 Å². The van der Waals surface area contributed by atoms with Crippen LogP contribution in [0.5, 0.6) is 0 Å². The molecule has 3 heterocycles. The fraction of sp³-hybridized carbons (Fsp3) is 0.467. The van der Waals surface area contributed by atoms with Gasteiger partial charge in [-0.2, -0.15) is 0 Å². The lowest BCUT2D eigenvalue weighted by Gasteiger charge is -2.30. The predicted molar refractivity (Wildman–Crippen MR) is 156 cm³/mol. The minimum atomic E-state index is -1.40. The highest BCUT2D eigenvalue weighted by Gasteiger charge is 2.44. The summed E-state index contributed by atoms with van der Waals surface area (Å²) in [6, 6.07) is 5.10. The number of hydrogen-bond acceptors (Lipinski definition) is 8. The third kappa shape index (κ3) is 7.61. The molecular formula is C30H38N6O8. The number of carbonyl (C=O) groups excluding carboxylic acids is 6. The molecule has 0 unspecified atom stereocenters. The van der Waals surface area contributed by atoms with Crippen molar-refractivity contribution in [3.8, 4) is 0 Å². The summed E-state index contributed by atoms with van der Waals surface area (Å²) in [5, 5.41) is 20.7. The molecule has 5 atom stereocenters. The molecular weight excluding hydrogens is 572 g/mol. The molecule has 14 nitrogen and oxygen atoms in total. The van der Waals surface area contributed by atoms with Crippen LogP contribution >= 0.6 is 0 Å². The first-order valence-electron chi connectivity index (χ1n) is 14.4. The van der Waals surface area contributed by atoms with E-state index in [1.54, 1.807) is 38.1 Å². The van der Waals surface area contributed by atoms with Gasteiger partial charge in [-0.05, 0) is 24.0 Å². The van der Waals surface area contributed by atoms with E-state index in [-0.39, 0.29) is 30.9 Å². The Kier molecular flexibility index (Phi) is 10.4. The maximum Gasteiger partial charge on any atom is 0.254 e. The molecule has 5 N–H and O–H groups in total. The molecule has 1 aromatic heterocycles. The topological polar surface area (TPSA) is 190 Å². The molecule has 0 saturated carbocycles. The summed E-state index contributed by atoms with van der Waals surface area (Å²) in [6.07, 6.45) is 2.70. The smallest absolute Gasteiger partial charge is 0.254 e. The number of likely N-dealkylation sites (N-methyl/N-ethyl adjacent to an activating group) is 1. The molecule has 2 aliphatic heterocycles. The monoisotopic (exact) mass is 610 g/mol. The molecule has 2 aromatic rings. The Morgan fingerprint density at radius 2 is 1.70 bits per heavy atom. The molecule has 2 aliphatic rings. The third-order valence-electron chi connectivity index (χ3n) is 7.72. The lowest BCUT2D eigenvalue weighted by Crippen LogP contribution is -2.58. The molecule has 2 saturated heterocycles. The van der Waals surface area contributed by atoms with Crippen molar-refractivity contribution in [3.63, 3.8) is 0 Å². The van der Waals surface area contributed by atoms with Crippen molar-refractivity contribution in [2.75, 3.05) is 26.7 Å². The zero-order valence-corrected chi connectivity index (χ0v) is 24.8. The summed E-state index contributed by atoms with van der Waals surface area (Å²) in [6.45, 7) is 2.20. The summed E-state index contributed by atoms with van der Waals surface area (Å²) in [5.74, 6) is -4.13. The van der Waals surface area contributed by atoms with E-state index in [0.29, 0.717) is 0 Å². The van der Waals surface area contributed by atoms with Gasteiger partial charge in [0.2, 0.25) is 29.5 Å². The van der Waals surface area contributed by atoms with Crippen LogP contribution in [0.15, 0.2) is 53.3 Å². The largest absolute Gasteiger partial charge is 0.472 e. The lowest BCUT2D eigenvalue weighted by atomic mass is 10.0. The number of amides is 6. The highest BCUT2D eigenvalue weighted by molar-refractivity contribution is 5.98. The zero-order chi connectivity index (χ0) is 32.0. The Balaban J connectivity index is 1.71. The van der Waals surface area contributed by atoms with Gasteiger partial charge in [-0.25, -0.2) is 0 Å². The van der Waals surface area contributed by atoms with E-state index >= 15 is 0 Å². The van der Waals surface area contributed by atoms with Gasteiger partial charge in [0.05, 0.1) is 25.0 Å². The van der Waals surface area contributed by atoms with Crippen LogP contribution in [-0.2, 0) is 30.4 Å². The molecule has 14 heteroatoms. The standard InChI is InChI=1S/C30H38N6O8/c1-17(2)25-28(41)32-21(11-18-7-5-4-6-8-18)30(43)36-13-20(31-26(39)19-9-10-44-16-19)12-23(36)27(40)33-22(15-37)29(42)35(3)14-24(38)34-25/h4-10,16-17,20-23,25,37H,11-15H2,1-3H3,(H,31,39)(H,32,41)(H,33,40)(H,34,38)/t20-,21-,22-,23-,25+/m0/s1. The molecule has 0 radical (unpaired) electrons. The van der Waals surface area contributed by atoms with Gasteiger partial charge in [0.15, 0.2) is 0 Å². The number of aliphatic hydroxyl groups is 1. The van der Waals surface area contributed by atoms with Crippen molar-refractivity contribution < 1.29 is 38.3 Å². The SMILES string of the molecule is CC(C)[C@H]1NC(=O)CN(C)C(=O)[C@H](CO)NC(=O)[C@@H]2C[C@H](NC(=O)c3ccoc3)CN2C(=O)[C@H](Cc2ccccc2)NC1=O. The second kappa shape index (κ2) is 14.2. The average Bonchev–Trinajstić information content (AvgIpc) is 3.68. The average molecular weight is 611 g/mol. The Bertz CT molecular complexity index is 1360. The zero-order valence-electron chi connectivity index (χ0n) is 24.8. The van der Waals surface area contributed by atoms with E-state index in [9.17, 15) is 33.9 Å². The number of aliphatic hydroxyl groups excluding tert-OH is 1. The fourth-order valence-corrected chi connectivity index (χ4v) is 5.37. The maximum atomic E-state index is 14.2. The quantitative estimate of drug-likeness (QED) is 0.269. The summed E-state index contributed by atoms with van der Waals surface area (Å²) in [5.41, 5.74) is 1.00. The Hall–Kier alpha value is -4.72. The number of nitrogens with one attached hydrogen (secondary N) is 4. The molecule has 6 amide bonds. The van der Waals surface area contributed by atoms with E-state index in [1.165, 1.54) is 30.5 Å². The van der Waals surface area contributed by atoms with Gasteiger partial charge >= 0.3 is 0 Å². The second-order valence-electron chi connectivity index (χ2n) is 11.4. The summed E-state index contributed by atoms with van der Waals surface area (Å²) in [4.78, 5) is 82.4. The first-order valence-corrected chi connectivity index (χ1v) is 14.4. The van der Waals surface area contributed by atoms with E-state index in [2.05, 4.69) is 21.3 Å². The van der Waals surface area contributed by atoms with Gasteiger partial charge < -0.3 is 40.6 Å². The number of hydrogen-bond donors (Lipinski definition) is 5. The third-order valence-corrected chi connectivity index (χ3v) is 7.72. The first kappa shape index (κ1) is 32.2. The van der Waals surface area contributed by atoms with Gasteiger partial charge in [0, 0.05) is 26.1 Å². The van der Waals surface area contributed by atoms with Crippen molar-refractivity contribution in [1.82, 2.24) is 31.1 Å². The van der Waals surface area contributed by atoms with Crippen molar-refractivity contribution >= 4 is 35.4 Å². The Morgan fingerprint density at radius 3 is 2.34 bits per heavy atom. The summed E-state index contributed by atoms with van der Waals surface area (Å²) < 4.78 is 4.98. The van der Waals surface area contributed by atoms with Crippen molar-refractivity contribution in [3.05, 3.63) is 60.1 Å². The molecule has 0 spiro atoms. The van der Waals surface area contributed by atoms with E-state index in [0.717, 1.165) is 10.5 Å². The maximum absolute atomic E-state index is 14.2. The van der Waals surface area contributed by atoms with Crippen LogP contribution < -0.4 is 21.3 Å². The van der Waals surface area contributed by atoms with E-state index < -0.39 is 78.8 Å². The number of furan rings is 1. The highest BCUT2D eigenvalue weighted by atomic mass is 16.3. The van der Waals surface area contributed by atoms with Gasteiger partial charge in [-0.1, -0.05) is 44.2 Å². The van der Waals surface area contributed by atoms with Crippen LogP contribution in [0.1, 0.15) is 36.2 Å². The van der Waals surface area contributed by atoms with Gasteiger partial charge in [0.1, 0.15) is 30.4 Å². The minimum Gasteiger partial charge on any atom is -0.472 e. The van der Waals surface area contributed by atoms with Gasteiger partial charge in [-0.15, -0.1) is 0 Å². The number of fused-ring (bicyclic) bond motifs is 1. The molecule has 0 bridgehead atoms. The van der Waals surface area contributed by atoms with Crippen molar-refractivity contribution in [1.29, 1.82) is 0 Å². The van der Waals surface area contributed by atoms with Crippen LogP contribution in [0.3, 0.4) is 0 Å². The molecule has 236 valence electrons. The minimum absolute atomic E-state index is 0.00398. The first-order chi connectivity index (χ1) is 21.0. The number of rotatable bonds is 6. The normalized spacial score (nSPS) is 25.5. The van der Waals surface area contributed by atoms with Crippen molar-refractivity contribution in [2.45, 2.75) is 56.9 Å². The van der Waals surface area contributed by atoms with Crippen LogP contribution in [0.2, 0.25) is 0 Å². The van der Waals surface area contributed by atoms with E-state index in [1.807, 2.05) is 6.07 Å². The molecule has 0 aliphatic carbocycles. The van der Waals surface area contributed by atoms with Crippen LogP contribution in [0.4, 0.5) is 0 Å². The Labute approximate surface area is 254 Å². The molecule has 44 heavy (non-hydrogen) atoms. The number of benzene rings is 1. The predicted octanol–water partition coefficient (Wildman–Crippen LogP) is -1.20. The highest BCUT2D eigenvalue weighted by Crippen LogP contribution is 2.22. The molecule has 4 rings (SSSR count). The molecule has 1 aromatic carbocycles. The molecule has 2 fully saturated rings. The van der Waals surface area contributed by atoms with E-state index in [4.69, 9.17) is 4.42 Å². The van der Waals surface area contributed by atoms with Gasteiger partial charge in [0.25, 0.3) is 5.91 Å². The fourth-order valence-electron chi connectivity index (χ4n) is 5.37. The summed E-state index contributed by atoms with van der Waals surface area (Å²) in [7, 11) is 1.34. The summed E-state index contributed by atoms with van der Waals surface area (Å²) >= 11 is 0. The number of carbonyl (C=O) groups is 6. The number of nitrogens with zero attached hydrogens (tertiary/aromatic N) is 2. The van der Waals surface area contributed by atoms with Crippen LogP contribution in [-0.4, -0.2) is 107 Å². The van der Waals surface area contributed by atoms with Gasteiger partial charge in [-0.3, -0.25) is 28.8 Å². The van der Waals surface area contributed by atoms with Crippen LogP contribution in [0.25, 0.3) is 0 Å². The second-order valence-corrected chi connectivity index (χ2v) is 11.4.